The van der Waals surface area contributed by atoms with Gasteiger partial charge in [0.2, 0.25) is 0 Å². The second-order valence-corrected chi connectivity index (χ2v) is 13.7. The second-order valence-electron chi connectivity index (χ2n) is 13.7. The molecule has 0 spiro atoms. The van der Waals surface area contributed by atoms with Crippen LogP contribution in [0.5, 0.6) is 0 Å². The Morgan fingerprint density at radius 1 is 0.909 bits per heavy atom. The summed E-state index contributed by atoms with van der Waals surface area (Å²) in [6.45, 7) is 8.52. The number of Topliss-reactive ketones (excluding diaryl/α,β-unsaturated/α-hetero) is 1. The number of unbranched alkanes of at least 4 members (excludes halogenated alkanes) is 15. The van der Waals surface area contributed by atoms with Gasteiger partial charge in [0, 0.05) is 41.4 Å². The summed E-state index contributed by atoms with van der Waals surface area (Å²) < 4.78 is 5.75. The van der Waals surface area contributed by atoms with E-state index in [9.17, 15) is 19.7 Å². The minimum atomic E-state index is -0.687. The van der Waals surface area contributed by atoms with Crippen LogP contribution in [0, 0.1) is 15.5 Å². The lowest BCUT2D eigenvalue weighted by molar-refractivity contribution is -0.384. The molecule has 0 amide bonds. The fraction of sp³-hybridized carbons (Fsp3) is 0.676. The van der Waals surface area contributed by atoms with Crippen LogP contribution in [0.4, 0.5) is 5.69 Å². The van der Waals surface area contributed by atoms with E-state index >= 15 is 0 Å². The summed E-state index contributed by atoms with van der Waals surface area (Å²) in [5.41, 5.74) is 2.64. The summed E-state index contributed by atoms with van der Waals surface area (Å²) in [6, 6.07) is 6.28. The molecule has 0 aromatic heterocycles. The third kappa shape index (κ3) is 10.9. The number of nitrogens with zero attached hydrogens (tertiary/aromatic N) is 1. The minimum absolute atomic E-state index is 0.0316. The van der Waals surface area contributed by atoms with Crippen LogP contribution in [0.2, 0.25) is 0 Å². The van der Waals surface area contributed by atoms with E-state index < -0.39 is 16.8 Å². The summed E-state index contributed by atoms with van der Waals surface area (Å²) in [5.74, 6) is -1.18. The highest BCUT2D eigenvalue weighted by Gasteiger charge is 2.43. The summed E-state index contributed by atoms with van der Waals surface area (Å²) in [4.78, 5) is 38.0. The Kier molecular flexibility index (Phi) is 14.6. The Hall–Kier alpha value is -2.96. The van der Waals surface area contributed by atoms with E-state index in [1.807, 2.05) is 6.92 Å². The van der Waals surface area contributed by atoms with Crippen LogP contribution < -0.4 is 5.32 Å². The molecule has 0 fully saturated rings. The van der Waals surface area contributed by atoms with Crippen molar-refractivity contribution < 1.29 is 19.2 Å². The van der Waals surface area contributed by atoms with Crippen LogP contribution >= 0.6 is 0 Å². The quantitative estimate of drug-likeness (QED) is 0.0684. The van der Waals surface area contributed by atoms with Gasteiger partial charge >= 0.3 is 5.97 Å². The van der Waals surface area contributed by atoms with Gasteiger partial charge in [-0.05, 0) is 30.7 Å². The Balaban J connectivity index is 1.44. The fourth-order valence-corrected chi connectivity index (χ4v) is 6.75. The van der Waals surface area contributed by atoms with Gasteiger partial charge in [-0.15, -0.1) is 0 Å². The van der Waals surface area contributed by atoms with Crippen LogP contribution in [0.25, 0.3) is 0 Å². The largest absolute Gasteiger partial charge is 0.462 e. The Morgan fingerprint density at radius 2 is 1.45 bits per heavy atom. The summed E-state index contributed by atoms with van der Waals surface area (Å²) >= 11 is 0. The van der Waals surface area contributed by atoms with Gasteiger partial charge in [-0.2, -0.15) is 0 Å². The molecule has 0 saturated heterocycles. The molecule has 0 radical (unpaired) electrons. The van der Waals surface area contributed by atoms with Crippen molar-refractivity contribution in [3.05, 3.63) is 62.5 Å². The molecule has 1 unspecified atom stereocenters. The highest BCUT2D eigenvalue weighted by molar-refractivity contribution is 6.04. The van der Waals surface area contributed by atoms with Gasteiger partial charge in [-0.3, -0.25) is 14.9 Å². The number of esters is 1. The third-order valence-electron chi connectivity index (χ3n) is 9.11. The number of hydrogen-bond donors (Lipinski definition) is 1. The molecule has 1 aliphatic carbocycles. The van der Waals surface area contributed by atoms with Crippen molar-refractivity contribution in [1.29, 1.82) is 0 Å². The van der Waals surface area contributed by atoms with E-state index in [1.54, 1.807) is 12.1 Å². The molecule has 1 aromatic carbocycles. The SMILES string of the molecule is CCCCCCCCCCCCCCCCCCOC(=O)C1=C(C)NC2=C(C(=O)CC(C)(C)C2)C1c1cccc([N+](=O)[O-])c1. The fourth-order valence-electron chi connectivity index (χ4n) is 6.75. The second kappa shape index (κ2) is 18.1. The average molecular weight is 609 g/mol. The molecule has 1 N–H and O–H groups in total. The first kappa shape index (κ1) is 35.5. The number of dihydropyridines is 1. The van der Waals surface area contributed by atoms with Crippen LogP contribution in [0.15, 0.2) is 46.8 Å². The number of nitrogens with one attached hydrogen (secondary N) is 1. The number of ketones is 1. The summed E-state index contributed by atoms with van der Waals surface area (Å²) in [6.07, 6.45) is 21.5. The lowest BCUT2D eigenvalue weighted by Crippen LogP contribution is -2.38. The Bertz CT molecular complexity index is 1180. The van der Waals surface area contributed by atoms with Crippen LogP contribution in [-0.4, -0.2) is 23.3 Å². The number of carbonyl (C=O) groups excluding carboxylic acids is 2. The zero-order chi connectivity index (χ0) is 32.0. The number of nitro groups is 1. The first-order valence-corrected chi connectivity index (χ1v) is 17.3. The molecule has 1 aliphatic heterocycles. The van der Waals surface area contributed by atoms with Crippen LogP contribution in [0.3, 0.4) is 0 Å². The number of rotatable bonds is 20. The maximum atomic E-state index is 13.5. The van der Waals surface area contributed by atoms with Crippen molar-refractivity contribution in [2.75, 3.05) is 6.61 Å². The van der Waals surface area contributed by atoms with E-state index in [0.29, 0.717) is 41.9 Å². The lowest BCUT2D eigenvalue weighted by Gasteiger charge is -2.39. The summed E-state index contributed by atoms with van der Waals surface area (Å²) in [5, 5.41) is 14.9. The molecule has 1 heterocycles. The molecular weight excluding hydrogens is 552 g/mol. The zero-order valence-corrected chi connectivity index (χ0v) is 27.8. The van der Waals surface area contributed by atoms with Gasteiger partial charge in [0.05, 0.1) is 17.1 Å². The number of non-ortho nitro benzene ring substituents is 1. The number of hydrogen-bond acceptors (Lipinski definition) is 6. The Labute approximate surface area is 265 Å². The molecule has 7 nitrogen and oxygen atoms in total. The van der Waals surface area contributed by atoms with Gasteiger partial charge in [-0.1, -0.05) is 129 Å². The number of ether oxygens (including phenoxy) is 1. The molecule has 44 heavy (non-hydrogen) atoms. The number of carbonyl (C=O) groups is 2. The number of nitro benzene ring substituents is 1. The smallest absolute Gasteiger partial charge is 0.336 e. The predicted molar refractivity (Wildman–Crippen MR) is 177 cm³/mol. The molecule has 244 valence electrons. The van der Waals surface area contributed by atoms with Gasteiger partial charge in [0.15, 0.2) is 5.78 Å². The van der Waals surface area contributed by atoms with Crippen LogP contribution in [-0.2, 0) is 14.3 Å². The topological polar surface area (TPSA) is 98.5 Å². The van der Waals surface area contributed by atoms with E-state index in [0.717, 1.165) is 25.0 Å². The molecule has 3 rings (SSSR count). The molecule has 1 aromatic rings. The first-order valence-electron chi connectivity index (χ1n) is 17.3. The molecular formula is C37H56N2O5. The van der Waals surface area contributed by atoms with Gasteiger partial charge < -0.3 is 10.1 Å². The first-order chi connectivity index (χ1) is 21.1. The van der Waals surface area contributed by atoms with E-state index in [2.05, 4.69) is 26.1 Å². The molecule has 2 aliphatic rings. The van der Waals surface area contributed by atoms with E-state index in [1.165, 1.54) is 95.6 Å². The number of benzene rings is 1. The highest BCUT2D eigenvalue weighted by atomic mass is 16.6. The standard InChI is InChI=1S/C37H56N2O5/c1-5-6-7-8-9-10-11-12-13-14-15-16-17-18-19-20-24-44-36(41)33-28(2)38-31-26-37(3,4)27-32(40)35(31)34(33)29-22-21-23-30(25-29)39(42)43/h21-23,25,34,38H,5-20,24,26-27H2,1-4H3. The van der Waals surface area contributed by atoms with Crippen molar-refractivity contribution >= 4 is 17.4 Å². The van der Waals surface area contributed by atoms with Crippen molar-refractivity contribution in [3.63, 3.8) is 0 Å². The molecule has 1 atom stereocenters. The average Bonchev–Trinajstić information content (AvgIpc) is 2.97. The van der Waals surface area contributed by atoms with Crippen LogP contribution in [0.1, 0.15) is 155 Å². The Morgan fingerprint density at radius 3 is 2.00 bits per heavy atom. The van der Waals surface area contributed by atoms with Gasteiger partial charge in [0.25, 0.3) is 5.69 Å². The van der Waals surface area contributed by atoms with Crippen molar-refractivity contribution in [2.24, 2.45) is 5.41 Å². The van der Waals surface area contributed by atoms with Crippen molar-refractivity contribution in [1.82, 2.24) is 5.32 Å². The maximum absolute atomic E-state index is 13.5. The molecule has 0 saturated carbocycles. The minimum Gasteiger partial charge on any atom is -0.462 e. The monoisotopic (exact) mass is 608 g/mol. The van der Waals surface area contributed by atoms with E-state index in [-0.39, 0.29) is 16.9 Å². The van der Waals surface area contributed by atoms with Crippen molar-refractivity contribution in [2.45, 2.75) is 149 Å². The van der Waals surface area contributed by atoms with Crippen molar-refractivity contribution in [3.8, 4) is 0 Å². The predicted octanol–water partition coefficient (Wildman–Crippen LogP) is 10.0. The number of allylic oxidation sites excluding steroid dienone is 3. The maximum Gasteiger partial charge on any atom is 0.336 e. The zero-order valence-electron chi connectivity index (χ0n) is 27.8. The molecule has 0 bridgehead atoms. The third-order valence-corrected chi connectivity index (χ3v) is 9.11. The molecule has 7 heteroatoms. The van der Waals surface area contributed by atoms with Gasteiger partial charge in [-0.25, -0.2) is 4.79 Å². The van der Waals surface area contributed by atoms with E-state index in [4.69, 9.17) is 4.74 Å². The van der Waals surface area contributed by atoms with Gasteiger partial charge in [0.1, 0.15) is 0 Å². The normalized spacial score (nSPS) is 17.8. The lowest BCUT2D eigenvalue weighted by atomic mass is 9.68. The highest BCUT2D eigenvalue weighted by Crippen LogP contribution is 2.47. The summed E-state index contributed by atoms with van der Waals surface area (Å²) in [7, 11) is 0.